The van der Waals surface area contributed by atoms with Gasteiger partial charge in [0, 0.05) is 5.97 Å². The summed E-state index contributed by atoms with van der Waals surface area (Å²) in [6, 6.07) is 0. The first-order valence-electron chi connectivity index (χ1n) is 19.8. The highest BCUT2D eigenvalue weighted by Gasteiger charge is 2.17. The van der Waals surface area contributed by atoms with Gasteiger partial charge in [-0.25, -0.2) is 0 Å². The molecule has 260 valence electrons. The van der Waals surface area contributed by atoms with E-state index in [1.165, 1.54) is 205 Å². The van der Waals surface area contributed by atoms with E-state index in [4.69, 9.17) is 0 Å². The average molecular weight is 610 g/mol. The van der Waals surface area contributed by atoms with Crippen molar-refractivity contribution < 1.29 is 9.90 Å². The average Bonchev–Trinajstić information content (AvgIpc) is 2.99. The summed E-state index contributed by atoms with van der Waals surface area (Å²) < 4.78 is 0. The van der Waals surface area contributed by atoms with E-state index in [-0.39, 0.29) is 12.1 Å². The zero-order valence-electron chi connectivity index (χ0n) is 30.5. The molecule has 4 N–H and O–H groups in total. The van der Waals surface area contributed by atoms with E-state index < -0.39 is 5.97 Å². The molecule has 0 aromatic rings. The van der Waals surface area contributed by atoms with Gasteiger partial charge in [0.1, 0.15) is 0 Å². The number of unbranched alkanes of at least 4 members (excludes halogenated alkanes) is 30. The third-order valence-electron chi connectivity index (χ3n) is 9.94. The maximum atomic E-state index is 11.6. The van der Waals surface area contributed by atoms with E-state index in [0.717, 1.165) is 12.8 Å². The molecule has 0 radical (unpaired) electrons. The summed E-state index contributed by atoms with van der Waals surface area (Å²) in [5.41, 5.74) is 0. The lowest BCUT2D eigenvalue weighted by Crippen LogP contribution is -2.34. The Hall–Kier alpha value is -0.570. The Morgan fingerprint density at radius 3 is 0.767 bits per heavy atom. The van der Waals surface area contributed by atoms with Crippen LogP contribution >= 0.6 is 0 Å². The second-order valence-corrected chi connectivity index (χ2v) is 14.1. The number of aliphatic carboxylic acids is 1. The van der Waals surface area contributed by atoms with Gasteiger partial charge in [0.25, 0.3) is 0 Å². The highest BCUT2D eigenvalue weighted by Crippen LogP contribution is 2.26. The monoisotopic (exact) mass is 610 g/mol. The van der Waals surface area contributed by atoms with Gasteiger partial charge < -0.3 is 16.1 Å². The van der Waals surface area contributed by atoms with E-state index in [1.54, 1.807) is 0 Å². The molecule has 43 heavy (non-hydrogen) atoms. The second-order valence-electron chi connectivity index (χ2n) is 14.1. The smallest absolute Gasteiger partial charge is 0.0445 e. The molecule has 0 aliphatic rings. The molecular weight excluding hydrogens is 526 g/mol. The van der Waals surface area contributed by atoms with Crippen LogP contribution in [0.1, 0.15) is 239 Å². The van der Waals surface area contributed by atoms with Crippen LogP contribution in [0.3, 0.4) is 0 Å². The van der Waals surface area contributed by atoms with Crippen molar-refractivity contribution >= 4 is 5.97 Å². The normalized spacial score (nSPS) is 12.1. The van der Waals surface area contributed by atoms with E-state index in [9.17, 15) is 9.90 Å². The number of hydrogen-bond acceptors (Lipinski definition) is 2. The molecule has 0 rings (SSSR count). The van der Waals surface area contributed by atoms with Crippen LogP contribution in [-0.2, 0) is 4.79 Å². The van der Waals surface area contributed by atoms with Gasteiger partial charge in [-0.05, 0) is 24.7 Å². The van der Waals surface area contributed by atoms with E-state index >= 15 is 0 Å². The lowest BCUT2D eigenvalue weighted by atomic mass is 9.84. The van der Waals surface area contributed by atoms with Crippen molar-refractivity contribution in [1.82, 2.24) is 6.15 Å². The fourth-order valence-electron chi connectivity index (χ4n) is 6.75. The SMILES string of the molecule is CCCCCCCCCCCCCCCCCCC(CCCCCCCCCCCCCCCCCC)C(C)C(=O)[O-].[NH4+]. The van der Waals surface area contributed by atoms with Gasteiger partial charge in [-0.2, -0.15) is 0 Å². The molecule has 0 aromatic carbocycles. The van der Waals surface area contributed by atoms with Gasteiger partial charge in [-0.3, -0.25) is 0 Å². The Labute approximate surface area is 272 Å². The molecule has 0 fully saturated rings. The quantitative estimate of drug-likeness (QED) is 0.0717. The summed E-state index contributed by atoms with van der Waals surface area (Å²) in [4.78, 5) is 11.6. The van der Waals surface area contributed by atoms with E-state index in [1.807, 2.05) is 6.92 Å². The summed E-state index contributed by atoms with van der Waals surface area (Å²) >= 11 is 0. The fourth-order valence-corrected chi connectivity index (χ4v) is 6.75. The van der Waals surface area contributed by atoms with Crippen molar-refractivity contribution in [1.29, 1.82) is 0 Å². The Morgan fingerprint density at radius 1 is 0.395 bits per heavy atom. The predicted molar refractivity (Wildman–Crippen MR) is 192 cm³/mol. The summed E-state index contributed by atoms with van der Waals surface area (Å²) in [6.45, 7) is 6.47. The standard InChI is InChI=1S/C40H80O2.H3N/c1-4-6-8-10-12-14-16-18-20-22-24-26-28-30-32-34-36-39(38(3)40(41)42)37-35-33-31-29-27-25-23-21-19-17-15-13-11-9-7-5-2;/h38-39H,4-37H2,1-3H3,(H,41,42);1H3. The van der Waals surface area contributed by atoms with E-state index in [2.05, 4.69) is 13.8 Å². The molecule has 3 heteroatoms. The Balaban J connectivity index is 0. The zero-order valence-corrected chi connectivity index (χ0v) is 30.5. The molecule has 0 aliphatic heterocycles. The zero-order chi connectivity index (χ0) is 30.8. The molecule has 1 atom stereocenters. The first kappa shape index (κ1) is 44.6. The van der Waals surface area contributed by atoms with Crippen LogP contribution in [0, 0.1) is 11.8 Å². The fraction of sp³-hybridized carbons (Fsp3) is 0.975. The molecule has 0 bridgehead atoms. The number of quaternary nitrogens is 1. The van der Waals surface area contributed by atoms with Crippen molar-refractivity contribution in [3.8, 4) is 0 Å². The molecule has 0 aromatic heterocycles. The molecular formula is C40H83NO2. The summed E-state index contributed by atoms with van der Waals surface area (Å²) in [5.74, 6) is -0.820. The van der Waals surface area contributed by atoms with Crippen molar-refractivity contribution in [2.24, 2.45) is 11.8 Å². The Bertz CT molecular complexity index is 487. The molecule has 0 saturated heterocycles. The van der Waals surface area contributed by atoms with Gasteiger partial charge in [0.15, 0.2) is 0 Å². The van der Waals surface area contributed by atoms with Crippen LogP contribution in [0.25, 0.3) is 0 Å². The van der Waals surface area contributed by atoms with Crippen LogP contribution < -0.4 is 11.3 Å². The molecule has 3 nitrogen and oxygen atoms in total. The van der Waals surface area contributed by atoms with Crippen molar-refractivity contribution in [3.05, 3.63) is 0 Å². The minimum Gasteiger partial charge on any atom is -0.550 e. The number of hydrogen-bond donors (Lipinski definition) is 1. The molecule has 0 saturated carbocycles. The molecule has 1 unspecified atom stereocenters. The summed E-state index contributed by atoms with van der Waals surface area (Å²) in [5, 5.41) is 11.6. The van der Waals surface area contributed by atoms with Crippen LogP contribution in [-0.4, -0.2) is 5.97 Å². The lowest BCUT2D eigenvalue weighted by molar-refractivity contribution is -0.312. The van der Waals surface area contributed by atoms with Crippen molar-refractivity contribution in [3.63, 3.8) is 0 Å². The van der Waals surface area contributed by atoms with Gasteiger partial charge in [-0.1, -0.05) is 226 Å². The first-order valence-corrected chi connectivity index (χ1v) is 19.8. The minimum atomic E-state index is -0.840. The Kier molecular flexibility index (Phi) is 39.0. The van der Waals surface area contributed by atoms with Crippen LogP contribution in [0.5, 0.6) is 0 Å². The molecule has 0 heterocycles. The maximum Gasteiger partial charge on any atom is 0.0445 e. The number of rotatable bonds is 36. The third kappa shape index (κ3) is 34.1. The first-order chi connectivity index (χ1) is 20.6. The molecule has 0 aliphatic carbocycles. The van der Waals surface area contributed by atoms with Crippen molar-refractivity contribution in [2.45, 2.75) is 239 Å². The van der Waals surface area contributed by atoms with Crippen LogP contribution in [0.4, 0.5) is 0 Å². The largest absolute Gasteiger partial charge is 0.550 e. The Morgan fingerprint density at radius 2 is 0.581 bits per heavy atom. The number of carboxylic acids is 1. The van der Waals surface area contributed by atoms with Crippen molar-refractivity contribution in [2.75, 3.05) is 0 Å². The highest BCUT2D eigenvalue weighted by molar-refractivity contribution is 5.67. The summed E-state index contributed by atoms with van der Waals surface area (Å²) in [6.07, 6.45) is 46.5. The van der Waals surface area contributed by atoms with Crippen LogP contribution in [0.15, 0.2) is 0 Å². The number of carbonyl (C=O) groups excluding carboxylic acids is 1. The van der Waals surface area contributed by atoms with Gasteiger partial charge in [0.2, 0.25) is 0 Å². The van der Waals surface area contributed by atoms with Gasteiger partial charge in [0.05, 0.1) is 0 Å². The lowest BCUT2D eigenvalue weighted by Gasteiger charge is -2.25. The van der Waals surface area contributed by atoms with Gasteiger partial charge in [-0.15, -0.1) is 0 Å². The predicted octanol–water partition coefficient (Wildman–Crippen LogP) is 13.7. The minimum absolute atomic E-state index is 0. The molecule has 0 spiro atoms. The van der Waals surface area contributed by atoms with Gasteiger partial charge >= 0.3 is 0 Å². The highest BCUT2D eigenvalue weighted by atomic mass is 16.4. The third-order valence-corrected chi connectivity index (χ3v) is 9.94. The second kappa shape index (κ2) is 37.6. The topological polar surface area (TPSA) is 76.6 Å². The maximum absolute atomic E-state index is 11.6. The molecule has 0 amide bonds. The number of carbonyl (C=O) groups is 1. The van der Waals surface area contributed by atoms with E-state index in [0.29, 0.717) is 5.92 Å². The number of carboxylic acid groups (broad SMARTS) is 1. The summed E-state index contributed by atoms with van der Waals surface area (Å²) in [7, 11) is 0. The van der Waals surface area contributed by atoms with Crippen LogP contribution in [0.2, 0.25) is 0 Å².